The quantitative estimate of drug-likeness (QED) is 0.763. The number of fused-ring (bicyclic) bond motifs is 1. The van der Waals surface area contributed by atoms with Gasteiger partial charge in [-0.15, -0.1) is 0 Å². The number of aromatic amines is 1. The predicted octanol–water partition coefficient (Wildman–Crippen LogP) is 3.52. The van der Waals surface area contributed by atoms with E-state index in [1.54, 1.807) is 11.0 Å². The highest BCUT2D eigenvalue weighted by Crippen LogP contribution is 2.21. The third-order valence-corrected chi connectivity index (χ3v) is 4.67. The zero-order chi connectivity index (χ0) is 17.9. The zero-order valence-corrected chi connectivity index (χ0v) is 14.3. The van der Waals surface area contributed by atoms with Gasteiger partial charge < -0.3 is 9.64 Å². The fourth-order valence-electron chi connectivity index (χ4n) is 3.39. The SMILES string of the molecule is O=C(c1n[nH]c2ccccc12)N(Cc1cccc(F)c1)C[C@@H]1CCCO1. The van der Waals surface area contributed by atoms with Gasteiger partial charge in [0, 0.05) is 25.1 Å². The summed E-state index contributed by atoms with van der Waals surface area (Å²) in [6.07, 6.45) is 1.93. The van der Waals surface area contributed by atoms with E-state index in [0.29, 0.717) is 18.8 Å². The molecule has 2 heterocycles. The molecule has 0 spiro atoms. The first-order valence-corrected chi connectivity index (χ1v) is 8.79. The molecule has 3 aromatic rings. The van der Waals surface area contributed by atoms with Gasteiger partial charge in [-0.05, 0) is 36.6 Å². The maximum absolute atomic E-state index is 13.6. The van der Waals surface area contributed by atoms with E-state index >= 15 is 0 Å². The molecule has 134 valence electrons. The van der Waals surface area contributed by atoms with Crippen LogP contribution in [0.3, 0.4) is 0 Å². The highest BCUT2D eigenvalue weighted by Gasteiger charge is 2.26. The Hall–Kier alpha value is -2.73. The van der Waals surface area contributed by atoms with Crippen molar-refractivity contribution in [3.05, 3.63) is 65.6 Å². The Morgan fingerprint density at radius 3 is 2.96 bits per heavy atom. The molecule has 1 N–H and O–H groups in total. The zero-order valence-electron chi connectivity index (χ0n) is 14.3. The summed E-state index contributed by atoms with van der Waals surface area (Å²) in [5, 5.41) is 7.91. The first-order chi connectivity index (χ1) is 12.7. The van der Waals surface area contributed by atoms with Crippen LogP contribution in [0.1, 0.15) is 28.9 Å². The summed E-state index contributed by atoms with van der Waals surface area (Å²) in [5.41, 5.74) is 1.95. The number of benzene rings is 2. The van der Waals surface area contributed by atoms with E-state index in [9.17, 15) is 9.18 Å². The molecule has 1 saturated heterocycles. The van der Waals surface area contributed by atoms with Crippen LogP contribution in [0, 0.1) is 5.82 Å². The molecule has 1 atom stereocenters. The number of H-pyrrole nitrogens is 1. The average molecular weight is 353 g/mol. The Balaban J connectivity index is 1.63. The summed E-state index contributed by atoms with van der Waals surface area (Å²) in [4.78, 5) is 14.9. The Kier molecular flexibility index (Phi) is 4.67. The van der Waals surface area contributed by atoms with Gasteiger partial charge in [0.2, 0.25) is 0 Å². The number of rotatable bonds is 5. The van der Waals surface area contributed by atoms with Gasteiger partial charge in [-0.25, -0.2) is 4.39 Å². The van der Waals surface area contributed by atoms with Crippen LogP contribution in [0.15, 0.2) is 48.5 Å². The fourth-order valence-corrected chi connectivity index (χ4v) is 3.39. The number of nitrogens with one attached hydrogen (secondary N) is 1. The van der Waals surface area contributed by atoms with E-state index in [-0.39, 0.29) is 17.8 Å². The third kappa shape index (κ3) is 3.46. The summed E-state index contributed by atoms with van der Waals surface area (Å²) in [6.45, 7) is 1.51. The minimum atomic E-state index is -0.308. The monoisotopic (exact) mass is 353 g/mol. The molecule has 4 rings (SSSR count). The van der Waals surface area contributed by atoms with Gasteiger partial charge in [-0.1, -0.05) is 30.3 Å². The topological polar surface area (TPSA) is 58.2 Å². The lowest BCUT2D eigenvalue weighted by molar-refractivity contribution is 0.0504. The van der Waals surface area contributed by atoms with Crippen molar-refractivity contribution in [3.63, 3.8) is 0 Å². The lowest BCUT2D eigenvalue weighted by atomic mass is 10.1. The van der Waals surface area contributed by atoms with Gasteiger partial charge in [0.1, 0.15) is 5.82 Å². The van der Waals surface area contributed by atoms with Gasteiger partial charge in [0.05, 0.1) is 11.6 Å². The molecule has 0 bridgehead atoms. The summed E-state index contributed by atoms with van der Waals surface area (Å²) in [7, 11) is 0. The van der Waals surface area contributed by atoms with Crippen molar-refractivity contribution in [2.45, 2.75) is 25.5 Å². The van der Waals surface area contributed by atoms with Crippen molar-refractivity contribution in [1.29, 1.82) is 0 Å². The molecule has 0 unspecified atom stereocenters. The summed E-state index contributed by atoms with van der Waals surface area (Å²) < 4.78 is 19.3. The Morgan fingerprint density at radius 1 is 1.27 bits per heavy atom. The minimum Gasteiger partial charge on any atom is -0.376 e. The molecule has 1 aliphatic heterocycles. The molecule has 1 amide bonds. The predicted molar refractivity (Wildman–Crippen MR) is 96.2 cm³/mol. The Bertz CT molecular complexity index is 918. The van der Waals surface area contributed by atoms with Gasteiger partial charge in [0.25, 0.3) is 5.91 Å². The van der Waals surface area contributed by atoms with E-state index in [1.807, 2.05) is 30.3 Å². The van der Waals surface area contributed by atoms with Crippen LogP contribution < -0.4 is 0 Å². The molecular weight excluding hydrogens is 333 g/mol. The number of carbonyl (C=O) groups excluding carboxylic acids is 1. The molecule has 26 heavy (non-hydrogen) atoms. The molecule has 6 heteroatoms. The second-order valence-corrected chi connectivity index (χ2v) is 6.57. The van der Waals surface area contributed by atoms with Crippen LogP contribution in [0.5, 0.6) is 0 Å². The molecule has 0 aliphatic carbocycles. The van der Waals surface area contributed by atoms with Crippen LogP contribution in [0.25, 0.3) is 10.9 Å². The molecule has 1 aromatic heterocycles. The smallest absolute Gasteiger partial charge is 0.275 e. The third-order valence-electron chi connectivity index (χ3n) is 4.67. The van der Waals surface area contributed by atoms with E-state index in [4.69, 9.17) is 4.74 Å². The van der Waals surface area contributed by atoms with Crippen LogP contribution in [-0.4, -0.2) is 40.3 Å². The van der Waals surface area contributed by atoms with Crippen LogP contribution >= 0.6 is 0 Å². The van der Waals surface area contributed by atoms with E-state index in [1.165, 1.54) is 12.1 Å². The van der Waals surface area contributed by atoms with Crippen LogP contribution in [0.4, 0.5) is 4.39 Å². The second kappa shape index (κ2) is 7.25. The highest BCUT2D eigenvalue weighted by molar-refractivity contribution is 6.04. The Labute approximate surface area is 150 Å². The number of halogens is 1. The number of carbonyl (C=O) groups is 1. The van der Waals surface area contributed by atoms with Gasteiger partial charge >= 0.3 is 0 Å². The molecule has 0 radical (unpaired) electrons. The highest BCUT2D eigenvalue weighted by atomic mass is 19.1. The van der Waals surface area contributed by atoms with Crippen molar-refractivity contribution in [3.8, 4) is 0 Å². The maximum atomic E-state index is 13.6. The maximum Gasteiger partial charge on any atom is 0.275 e. The fraction of sp³-hybridized carbons (Fsp3) is 0.300. The number of para-hydroxylation sites is 1. The molecule has 5 nitrogen and oxygen atoms in total. The Morgan fingerprint density at radius 2 is 2.15 bits per heavy atom. The summed E-state index contributed by atoms with van der Waals surface area (Å²) >= 11 is 0. The lowest BCUT2D eigenvalue weighted by Gasteiger charge is -2.25. The van der Waals surface area contributed by atoms with E-state index < -0.39 is 0 Å². The molecule has 1 fully saturated rings. The summed E-state index contributed by atoms with van der Waals surface area (Å²) in [6, 6.07) is 13.9. The molecular formula is C20H20FN3O2. The normalized spacial score (nSPS) is 16.9. The van der Waals surface area contributed by atoms with Crippen molar-refractivity contribution in [2.75, 3.05) is 13.2 Å². The second-order valence-electron chi connectivity index (χ2n) is 6.57. The van der Waals surface area contributed by atoms with Gasteiger partial charge in [0.15, 0.2) is 5.69 Å². The summed E-state index contributed by atoms with van der Waals surface area (Å²) in [5.74, 6) is -0.487. The number of hydrogen-bond acceptors (Lipinski definition) is 3. The van der Waals surface area contributed by atoms with Gasteiger partial charge in [-0.2, -0.15) is 5.10 Å². The lowest BCUT2D eigenvalue weighted by Crippen LogP contribution is -2.37. The number of hydrogen-bond donors (Lipinski definition) is 1. The molecule has 2 aromatic carbocycles. The van der Waals surface area contributed by atoms with Crippen LogP contribution in [0.2, 0.25) is 0 Å². The molecule has 1 aliphatic rings. The number of aromatic nitrogens is 2. The first kappa shape index (κ1) is 16.7. The standard InChI is InChI=1S/C20H20FN3O2/c21-15-6-3-5-14(11-15)12-24(13-16-7-4-10-26-16)20(25)19-17-8-1-2-9-18(17)22-23-19/h1-3,5-6,8-9,11,16H,4,7,10,12-13H2,(H,22,23)/t16-/m0/s1. The van der Waals surface area contributed by atoms with Crippen molar-refractivity contribution in [2.24, 2.45) is 0 Å². The minimum absolute atomic E-state index is 0.0118. The van der Waals surface area contributed by atoms with E-state index in [0.717, 1.165) is 35.9 Å². The van der Waals surface area contributed by atoms with Crippen molar-refractivity contribution in [1.82, 2.24) is 15.1 Å². The van der Waals surface area contributed by atoms with E-state index in [2.05, 4.69) is 10.2 Å². The number of amides is 1. The van der Waals surface area contributed by atoms with Crippen molar-refractivity contribution >= 4 is 16.8 Å². The van der Waals surface area contributed by atoms with Gasteiger partial charge in [-0.3, -0.25) is 9.89 Å². The largest absolute Gasteiger partial charge is 0.376 e. The van der Waals surface area contributed by atoms with Crippen LogP contribution in [-0.2, 0) is 11.3 Å². The van der Waals surface area contributed by atoms with Crippen molar-refractivity contribution < 1.29 is 13.9 Å². The first-order valence-electron chi connectivity index (χ1n) is 8.79. The number of ether oxygens (including phenoxy) is 1. The molecule has 0 saturated carbocycles. The number of nitrogens with zero attached hydrogens (tertiary/aromatic N) is 2. The average Bonchev–Trinajstić information content (AvgIpc) is 3.30.